The molecule has 0 bridgehead atoms. The van der Waals surface area contributed by atoms with Gasteiger partial charge in [-0.2, -0.15) is 0 Å². The van der Waals surface area contributed by atoms with E-state index in [1.54, 1.807) is 0 Å². The third kappa shape index (κ3) is 2.60. The Morgan fingerprint density at radius 2 is 2.00 bits per heavy atom. The van der Waals surface area contributed by atoms with Crippen LogP contribution in [0.5, 0.6) is 0 Å². The number of ketones is 1. The Balaban J connectivity index is 1.97. The molecule has 1 heteroatoms. The molecule has 2 rings (SSSR count). The van der Waals surface area contributed by atoms with E-state index in [1.165, 1.54) is 11.1 Å². The number of hydrogen-bond acceptors (Lipinski definition) is 1. The fourth-order valence-electron chi connectivity index (χ4n) is 2.36. The number of carbonyl (C=O) groups is 1. The molecule has 16 heavy (non-hydrogen) atoms. The third-order valence-electron chi connectivity index (χ3n) is 3.15. The zero-order valence-electron chi connectivity index (χ0n) is 9.78. The van der Waals surface area contributed by atoms with Crippen molar-refractivity contribution in [3.05, 3.63) is 47.5 Å². The van der Waals surface area contributed by atoms with Crippen LogP contribution in [0.15, 0.2) is 42.0 Å². The van der Waals surface area contributed by atoms with Crippen LogP contribution in [0.25, 0.3) is 0 Å². The van der Waals surface area contributed by atoms with E-state index in [9.17, 15) is 4.79 Å². The normalized spacial score (nSPS) is 19.9. The van der Waals surface area contributed by atoms with Gasteiger partial charge in [0.05, 0.1) is 0 Å². The van der Waals surface area contributed by atoms with Crippen LogP contribution in [0, 0.1) is 5.92 Å². The minimum Gasteiger partial charge on any atom is -0.295 e. The Morgan fingerprint density at radius 3 is 2.69 bits per heavy atom. The van der Waals surface area contributed by atoms with Crippen molar-refractivity contribution < 1.29 is 4.79 Å². The highest BCUT2D eigenvalue weighted by molar-refractivity contribution is 5.95. The lowest BCUT2D eigenvalue weighted by atomic mass is 9.95. The van der Waals surface area contributed by atoms with Crippen LogP contribution in [0.1, 0.15) is 31.7 Å². The molecule has 0 fully saturated rings. The van der Waals surface area contributed by atoms with Crippen molar-refractivity contribution in [2.75, 3.05) is 0 Å². The first-order valence-electron chi connectivity index (χ1n) is 6.07. The van der Waals surface area contributed by atoms with Gasteiger partial charge in [-0.05, 0) is 30.9 Å². The van der Waals surface area contributed by atoms with Crippen molar-refractivity contribution in [1.82, 2.24) is 0 Å². The quantitative estimate of drug-likeness (QED) is 0.749. The number of rotatable bonds is 4. The van der Waals surface area contributed by atoms with Gasteiger partial charge in [0.15, 0.2) is 5.78 Å². The minimum absolute atomic E-state index is 0.198. The number of allylic oxidation sites excluding steroid dienone is 2. The molecular formula is C15H18O. The Kier molecular flexibility index (Phi) is 3.55. The molecule has 0 saturated carbocycles. The Bertz CT molecular complexity index is 389. The average Bonchev–Trinajstić information content (AvgIpc) is 2.61. The lowest BCUT2D eigenvalue weighted by Crippen LogP contribution is -2.09. The van der Waals surface area contributed by atoms with Crippen LogP contribution in [0.4, 0.5) is 0 Å². The molecule has 0 aliphatic heterocycles. The molecule has 1 aromatic carbocycles. The molecular weight excluding hydrogens is 196 g/mol. The van der Waals surface area contributed by atoms with Crippen molar-refractivity contribution >= 4 is 5.78 Å². The summed E-state index contributed by atoms with van der Waals surface area (Å²) < 4.78 is 0. The van der Waals surface area contributed by atoms with E-state index in [1.807, 2.05) is 24.3 Å². The van der Waals surface area contributed by atoms with Crippen LogP contribution in [0.2, 0.25) is 0 Å². The summed E-state index contributed by atoms with van der Waals surface area (Å²) in [5.74, 6) is 0.524. The summed E-state index contributed by atoms with van der Waals surface area (Å²) in [6.45, 7) is 2.16. The highest BCUT2D eigenvalue weighted by Gasteiger charge is 2.24. The van der Waals surface area contributed by atoms with Gasteiger partial charge in [-0.1, -0.05) is 49.2 Å². The zero-order chi connectivity index (χ0) is 11.4. The minimum atomic E-state index is 0.198. The predicted octanol–water partition coefficient (Wildman–Crippen LogP) is 3.54. The van der Waals surface area contributed by atoms with Gasteiger partial charge in [0.25, 0.3) is 0 Å². The summed E-state index contributed by atoms with van der Waals surface area (Å²) in [6, 6.07) is 10.3. The van der Waals surface area contributed by atoms with Crippen LogP contribution in [-0.4, -0.2) is 5.78 Å². The second kappa shape index (κ2) is 5.11. The molecule has 1 aliphatic rings. The Labute approximate surface area is 97.2 Å². The van der Waals surface area contributed by atoms with Gasteiger partial charge in [-0.15, -0.1) is 0 Å². The summed E-state index contributed by atoms with van der Waals surface area (Å²) >= 11 is 0. The van der Waals surface area contributed by atoms with Crippen molar-refractivity contribution in [2.45, 2.75) is 32.6 Å². The molecule has 84 valence electrons. The standard InChI is InChI=1S/C15H18O/c1-2-6-13-10-14(15(16)11-13)9-12-7-4-3-5-8-12/h3-5,7-8,11,14H,2,6,9-10H2,1H3. The highest BCUT2D eigenvalue weighted by atomic mass is 16.1. The highest BCUT2D eigenvalue weighted by Crippen LogP contribution is 2.27. The second-order valence-corrected chi connectivity index (χ2v) is 4.55. The smallest absolute Gasteiger partial charge is 0.159 e. The number of benzene rings is 1. The molecule has 0 N–H and O–H groups in total. The van der Waals surface area contributed by atoms with E-state index in [0.717, 1.165) is 25.7 Å². The first kappa shape index (κ1) is 11.1. The van der Waals surface area contributed by atoms with Crippen LogP contribution in [-0.2, 0) is 11.2 Å². The molecule has 0 heterocycles. The van der Waals surface area contributed by atoms with E-state index < -0.39 is 0 Å². The van der Waals surface area contributed by atoms with Gasteiger partial charge in [-0.25, -0.2) is 0 Å². The molecule has 0 radical (unpaired) electrons. The number of hydrogen-bond donors (Lipinski definition) is 0. The third-order valence-corrected chi connectivity index (χ3v) is 3.15. The monoisotopic (exact) mass is 214 g/mol. The maximum absolute atomic E-state index is 11.8. The van der Waals surface area contributed by atoms with Gasteiger partial charge >= 0.3 is 0 Å². The molecule has 1 aromatic rings. The molecule has 1 aliphatic carbocycles. The summed E-state index contributed by atoms with van der Waals surface area (Å²) in [5, 5.41) is 0. The lowest BCUT2D eigenvalue weighted by molar-refractivity contribution is -0.117. The van der Waals surface area contributed by atoms with Gasteiger partial charge in [0, 0.05) is 5.92 Å². The van der Waals surface area contributed by atoms with E-state index >= 15 is 0 Å². The van der Waals surface area contributed by atoms with Gasteiger partial charge < -0.3 is 0 Å². The fourth-order valence-corrected chi connectivity index (χ4v) is 2.36. The van der Waals surface area contributed by atoms with Crippen molar-refractivity contribution in [3.8, 4) is 0 Å². The predicted molar refractivity (Wildman–Crippen MR) is 66.3 cm³/mol. The Hall–Kier alpha value is -1.37. The maximum Gasteiger partial charge on any atom is 0.159 e. The molecule has 1 atom stereocenters. The van der Waals surface area contributed by atoms with Gasteiger partial charge in [0.1, 0.15) is 0 Å². The molecule has 1 unspecified atom stereocenters. The van der Waals surface area contributed by atoms with Crippen molar-refractivity contribution in [2.24, 2.45) is 5.92 Å². The largest absolute Gasteiger partial charge is 0.295 e. The molecule has 0 spiro atoms. The molecule has 1 nitrogen and oxygen atoms in total. The zero-order valence-corrected chi connectivity index (χ0v) is 9.78. The Morgan fingerprint density at radius 1 is 1.25 bits per heavy atom. The molecule has 0 aromatic heterocycles. The van der Waals surface area contributed by atoms with Crippen LogP contribution < -0.4 is 0 Å². The van der Waals surface area contributed by atoms with E-state index in [2.05, 4.69) is 19.1 Å². The summed E-state index contributed by atoms with van der Waals surface area (Å²) in [5.41, 5.74) is 2.61. The van der Waals surface area contributed by atoms with E-state index in [-0.39, 0.29) is 5.92 Å². The summed E-state index contributed by atoms with van der Waals surface area (Å²) in [4.78, 5) is 11.8. The topological polar surface area (TPSA) is 17.1 Å². The van der Waals surface area contributed by atoms with Crippen molar-refractivity contribution in [1.29, 1.82) is 0 Å². The van der Waals surface area contributed by atoms with E-state index in [0.29, 0.717) is 5.78 Å². The van der Waals surface area contributed by atoms with Crippen LogP contribution >= 0.6 is 0 Å². The van der Waals surface area contributed by atoms with E-state index in [4.69, 9.17) is 0 Å². The van der Waals surface area contributed by atoms with Gasteiger partial charge in [0.2, 0.25) is 0 Å². The van der Waals surface area contributed by atoms with Crippen molar-refractivity contribution in [3.63, 3.8) is 0 Å². The molecule has 0 saturated heterocycles. The first-order valence-corrected chi connectivity index (χ1v) is 6.07. The van der Waals surface area contributed by atoms with Crippen LogP contribution in [0.3, 0.4) is 0 Å². The second-order valence-electron chi connectivity index (χ2n) is 4.55. The number of carbonyl (C=O) groups excluding carboxylic acids is 1. The van der Waals surface area contributed by atoms with Gasteiger partial charge in [-0.3, -0.25) is 4.79 Å². The SMILES string of the molecule is CCCC1=CC(=O)C(Cc2ccccc2)C1. The summed E-state index contributed by atoms with van der Waals surface area (Å²) in [6.07, 6.45) is 5.95. The summed E-state index contributed by atoms with van der Waals surface area (Å²) in [7, 11) is 0. The lowest BCUT2D eigenvalue weighted by Gasteiger charge is -2.08. The maximum atomic E-state index is 11.8. The first-order chi connectivity index (χ1) is 7.79. The molecule has 0 amide bonds. The fraction of sp³-hybridized carbons (Fsp3) is 0.400. The average molecular weight is 214 g/mol.